The summed E-state index contributed by atoms with van der Waals surface area (Å²) in [4.78, 5) is 12.1. The Labute approximate surface area is 126 Å². The van der Waals surface area contributed by atoms with Crippen molar-refractivity contribution in [2.24, 2.45) is 5.73 Å². The number of fused-ring (bicyclic) bond motifs is 1. The lowest BCUT2D eigenvalue weighted by Crippen LogP contribution is -2.46. The average Bonchev–Trinajstić information content (AvgIpc) is 2.78. The largest absolute Gasteiger partial charge is 0.368 e. The monoisotopic (exact) mass is 304 g/mol. The van der Waals surface area contributed by atoms with Crippen LogP contribution in [0.1, 0.15) is 17.5 Å². The highest BCUT2D eigenvalue weighted by Crippen LogP contribution is 2.40. The summed E-state index contributed by atoms with van der Waals surface area (Å²) >= 11 is 5.99. The average molecular weight is 305 g/mol. The predicted molar refractivity (Wildman–Crippen MR) is 80.7 cm³/mol. The molecule has 0 aliphatic heterocycles. The molecule has 0 spiro atoms. The first-order valence-electron chi connectivity index (χ1n) is 6.64. The lowest BCUT2D eigenvalue weighted by atomic mass is 9.90. The summed E-state index contributed by atoms with van der Waals surface area (Å²) in [7, 11) is 0. The molecule has 1 aliphatic rings. The van der Waals surface area contributed by atoms with Gasteiger partial charge in [0.25, 0.3) is 0 Å². The molecule has 108 valence electrons. The summed E-state index contributed by atoms with van der Waals surface area (Å²) in [5.74, 6) is -0.846. The molecular weight excluding hydrogens is 291 g/mol. The molecule has 3 nitrogen and oxygen atoms in total. The Hall–Kier alpha value is -2.07. The van der Waals surface area contributed by atoms with E-state index in [1.54, 1.807) is 18.2 Å². The Balaban J connectivity index is 2.06. The highest BCUT2D eigenvalue weighted by atomic mass is 35.5. The molecule has 0 aromatic heterocycles. The van der Waals surface area contributed by atoms with Crippen LogP contribution in [0.15, 0.2) is 42.5 Å². The molecule has 5 heteroatoms. The van der Waals surface area contributed by atoms with Crippen LogP contribution in [0.4, 0.5) is 10.1 Å². The molecule has 0 bridgehead atoms. The molecule has 0 heterocycles. The van der Waals surface area contributed by atoms with E-state index in [0.717, 1.165) is 11.1 Å². The maximum Gasteiger partial charge on any atom is 0.247 e. The Bertz CT molecular complexity index is 719. The van der Waals surface area contributed by atoms with E-state index in [1.807, 2.05) is 12.1 Å². The van der Waals surface area contributed by atoms with Crippen LogP contribution < -0.4 is 11.1 Å². The number of hydrogen-bond acceptors (Lipinski definition) is 2. The molecule has 0 radical (unpaired) electrons. The zero-order valence-electron chi connectivity index (χ0n) is 11.2. The van der Waals surface area contributed by atoms with Crippen molar-refractivity contribution in [3.05, 3.63) is 64.4 Å². The van der Waals surface area contributed by atoms with E-state index in [4.69, 9.17) is 17.3 Å². The van der Waals surface area contributed by atoms with Gasteiger partial charge in [-0.15, -0.1) is 0 Å². The second-order valence-corrected chi connectivity index (χ2v) is 5.64. The van der Waals surface area contributed by atoms with Crippen LogP contribution in [0.2, 0.25) is 5.02 Å². The highest BCUT2D eigenvalue weighted by Gasteiger charge is 2.44. The summed E-state index contributed by atoms with van der Waals surface area (Å²) in [5, 5.41) is 3.74. The zero-order chi connectivity index (χ0) is 15.0. The van der Waals surface area contributed by atoms with Gasteiger partial charge in [0.15, 0.2) is 0 Å². The molecular formula is C16H14ClFN2O. The number of rotatable bonds is 3. The molecule has 21 heavy (non-hydrogen) atoms. The Kier molecular flexibility index (Phi) is 3.33. The fourth-order valence-corrected chi connectivity index (χ4v) is 3.10. The maximum atomic E-state index is 13.3. The molecule has 0 saturated carbocycles. The minimum absolute atomic E-state index is 0.367. The van der Waals surface area contributed by atoms with Gasteiger partial charge in [0.1, 0.15) is 11.4 Å². The van der Waals surface area contributed by atoms with Crippen LogP contribution in [0.25, 0.3) is 0 Å². The van der Waals surface area contributed by atoms with Crippen molar-refractivity contribution >= 4 is 23.2 Å². The molecule has 2 aromatic carbocycles. The number of primary amides is 1. The van der Waals surface area contributed by atoms with Crippen LogP contribution in [0.3, 0.4) is 0 Å². The van der Waals surface area contributed by atoms with Crippen molar-refractivity contribution in [3.63, 3.8) is 0 Å². The van der Waals surface area contributed by atoms with E-state index in [-0.39, 0.29) is 5.82 Å². The molecule has 1 unspecified atom stereocenters. The van der Waals surface area contributed by atoms with Gasteiger partial charge in [0.2, 0.25) is 5.91 Å². The first kappa shape index (κ1) is 13.9. The summed E-state index contributed by atoms with van der Waals surface area (Å²) in [5.41, 5.74) is 6.95. The van der Waals surface area contributed by atoms with E-state index in [1.165, 1.54) is 12.1 Å². The minimum Gasteiger partial charge on any atom is -0.368 e. The predicted octanol–water partition coefficient (Wildman–Crippen LogP) is 3.22. The Morgan fingerprint density at radius 3 is 2.81 bits per heavy atom. The molecule has 1 atom stereocenters. The molecule has 2 aromatic rings. The highest BCUT2D eigenvalue weighted by molar-refractivity contribution is 6.30. The molecule has 3 rings (SSSR count). The third-order valence-electron chi connectivity index (χ3n) is 3.90. The topological polar surface area (TPSA) is 55.1 Å². The van der Waals surface area contributed by atoms with Crippen LogP contribution in [-0.4, -0.2) is 5.91 Å². The van der Waals surface area contributed by atoms with E-state index in [0.29, 0.717) is 23.6 Å². The van der Waals surface area contributed by atoms with Gasteiger partial charge in [0, 0.05) is 10.7 Å². The lowest BCUT2D eigenvalue weighted by molar-refractivity contribution is -0.122. The molecule has 1 aliphatic carbocycles. The Morgan fingerprint density at radius 2 is 2.10 bits per heavy atom. The second kappa shape index (κ2) is 5.04. The van der Waals surface area contributed by atoms with Gasteiger partial charge in [-0.1, -0.05) is 23.7 Å². The van der Waals surface area contributed by atoms with Gasteiger partial charge in [-0.3, -0.25) is 4.79 Å². The fourth-order valence-electron chi connectivity index (χ4n) is 2.90. The number of anilines is 1. The molecule has 1 amide bonds. The van der Waals surface area contributed by atoms with E-state index < -0.39 is 11.4 Å². The fraction of sp³-hybridized carbons (Fsp3) is 0.188. The Morgan fingerprint density at radius 1 is 1.29 bits per heavy atom. The van der Waals surface area contributed by atoms with Gasteiger partial charge < -0.3 is 11.1 Å². The van der Waals surface area contributed by atoms with E-state index in [2.05, 4.69) is 5.32 Å². The quantitative estimate of drug-likeness (QED) is 0.915. The van der Waals surface area contributed by atoms with Crippen molar-refractivity contribution in [1.29, 1.82) is 0 Å². The second-order valence-electron chi connectivity index (χ2n) is 5.21. The number of amides is 1. The number of nitrogens with one attached hydrogen (secondary N) is 1. The van der Waals surface area contributed by atoms with Crippen molar-refractivity contribution in [3.8, 4) is 0 Å². The van der Waals surface area contributed by atoms with Gasteiger partial charge >= 0.3 is 0 Å². The first-order chi connectivity index (χ1) is 10.0. The maximum absolute atomic E-state index is 13.3. The van der Waals surface area contributed by atoms with Crippen LogP contribution in [0, 0.1) is 5.82 Å². The number of hydrogen-bond donors (Lipinski definition) is 2. The number of nitrogens with two attached hydrogens (primary N) is 1. The summed E-state index contributed by atoms with van der Waals surface area (Å²) in [6, 6.07) is 11.4. The third-order valence-corrected chi connectivity index (χ3v) is 4.13. The van der Waals surface area contributed by atoms with Crippen molar-refractivity contribution < 1.29 is 9.18 Å². The molecule has 3 N–H and O–H groups in total. The normalized spacial score (nSPS) is 20.1. The lowest BCUT2D eigenvalue weighted by Gasteiger charge is -2.29. The standard InChI is InChI=1S/C16H14ClFN2O/c17-11-4-5-14-10(8-11)6-7-16(14,15(19)21)20-13-3-1-2-12(18)9-13/h1-5,8-9,20H,6-7H2,(H2,19,21). The number of carbonyl (C=O) groups excluding carboxylic acids is 1. The number of benzene rings is 2. The number of aryl methyl sites for hydroxylation is 1. The van der Waals surface area contributed by atoms with Crippen LogP contribution in [0.5, 0.6) is 0 Å². The van der Waals surface area contributed by atoms with Gasteiger partial charge in [-0.05, 0) is 54.3 Å². The number of carbonyl (C=O) groups is 1. The van der Waals surface area contributed by atoms with Gasteiger partial charge in [0.05, 0.1) is 0 Å². The van der Waals surface area contributed by atoms with Crippen molar-refractivity contribution in [2.45, 2.75) is 18.4 Å². The molecule has 0 fully saturated rings. The first-order valence-corrected chi connectivity index (χ1v) is 7.02. The van der Waals surface area contributed by atoms with Crippen molar-refractivity contribution in [1.82, 2.24) is 0 Å². The minimum atomic E-state index is -1.02. The van der Waals surface area contributed by atoms with E-state index >= 15 is 0 Å². The van der Waals surface area contributed by atoms with E-state index in [9.17, 15) is 9.18 Å². The SMILES string of the molecule is NC(=O)C1(Nc2cccc(F)c2)CCc2cc(Cl)ccc21. The summed E-state index contributed by atoms with van der Waals surface area (Å²) in [6.07, 6.45) is 1.22. The number of halogens is 2. The van der Waals surface area contributed by atoms with Gasteiger partial charge in [-0.25, -0.2) is 4.39 Å². The van der Waals surface area contributed by atoms with Gasteiger partial charge in [-0.2, -0.15) is 0 Å². The zero-order valence-corrected chi connectivity index (χ0v) is 12.0. The van der Waals surface area contributed by atoms with Crippen molar-refractivity contribution in [2.75, 3.05) is 5.32 Å². The van der Waals surface area contributed by atoms with Crippen LogP contribution in [-0.2, 0) is 16.8 Å². The molecule has 0 saturated heterocycles. The smallest absolute Gasteiger partial charge is 0.247 e. The summed E-state index contributed by atoms with van der Waals surface area (Å²) in [6.45, 7) is 0. The third kappa shape index (κ3) is 2.36. The van der Waals surface area contributed by atoms with Crippen LogP contribution >= 0.6 is 11.6 Å². The summed E-state index contributed by atoms with van der Waals surface area (Å²) < 4.78 is 13.3.